The van der Waals surface area contributed by atoms with E-state index in [-0.39, 0.29) is 11.9 Å². The molecule has 3 rings (SSSR count). The number of nitrogens with zero attached hydrogens (tertiary/aromatic N) is 2. The monoisotopic (exact) mass is 275 g/mol. The predicted octanol–water partition coefficient (Wildman–Crippen LogP) is -0.505. The molecule has 3 unspecified atom stereocenters. The lowest BCUT2D eigenvalue weighted by atomic mass is 9.88. The van der Waals surface area contributed by atoms with Crippen LogP contribution >= 0.6 is 0 Å². The lowest BCUT2D eigenvalue weighted by Crippen LogP contribution is -2.48. The SMILES string of the molecule is CN(Cc1ccccn1)C(=O)C1NNC2CNCCC21. The third-order valence-corrected chi connectivity index (χ3v) is 4.16. The fraction of sp³-hybridized carbons (Fsp3) is 0.571. The topological polar surface area (TPSA) is 69.3 Å². The van der Waals surface area contributed by atoms with Gasteiger partial charge >= 0.3 is 0 Å². The van der Waals surface area contributed by atoms with Crippen molar-refractivity contribution in [2.24, 2.45) is 5.92 Å². The predicted molar refractivity (Wildman–Crippen MR) is 75.5 cm³/mol. The first-order valence-electron chi connectivity index (χ1n) is 7.12. The van der Waals surface area contributed by atoms with Crippen molar-refractivity contribution in [2.75, 3.05) is 20.1 Å². The lowest BCUT2D eigenvalue weighted by molar-refractivity contribution is -0.133. The van der Waals surface area contributed by atoms with Gasteiger partial charge in [-0.3, -0.25) is 15.2 Å². The first-order chi connectivity index (χ1) is 9.75. The molecule has 3 atom stereocenters. The second kappa shape index (κ2) is 5.87. The Morgan fingerprint density at radius 3 is 3.15 bits per heavy atom. The van der Waals surface area contributed by atoms with Crippen LogP contribution in [0.2, 0.25) is 0 Å². The van der Waals surface area contributed by atoms with Crippen LogP contribution in [0.25, 0.3) is 0 Å². The first kappa shape index (κ1) is 13.5. The van der Waals surface area contributed by atoms with Crippen LogP contribution in [0.3, 0.4) is 0 Å². The molecule has 3 heterocycles. The fourth-order valence-electron chi connectivity index (χ4n) is 3.03. The minimum Gasteiger partial charge on any atom is -0.338 e. The molecule has 0 bridgehead atoms. The summed E-state index contributed by atoms with van der Waals surface area (Å²) in [5, 5.41) is 3.35. The molecular formula is C14H21N5O. The number of piperidine rings is 1. The minimum absolute atomic E-state index is 0.129. The molecule has 0 spiro atoms. The molecule has 0 saturated carbocycles. The maximum absolute atomic E-state index is 12.6. The van der Waals surface area contributed by atoms with Crippen LogP contribution in [0.5, 0.6) is 0 Å². The Morgan fingerprint density at radius 2 is 2.35 bits per heavy atom. The number of carbonyl (C=O) groups is 1. The smallest absolute Gasteiger partial charge is 0.241 e. The Balaban J connectivity index is 1.63. The number of likely N-dealkylation sites (N-methyl/N-ethyl adjacent to an activating group) is 1. The molecule has 0 radical (unpaired) electrons. The number of nitrogens with one attached hydrogen (secondary N) is 3. The van der Waals surface area contributed by atoms with E-state index in [1.165, 1.54) is 0 Å². The van der Waals surface area contributed by atoms with Crippen molar-refractivity contribution >= 4 is 5.91 Å². The van der Waals surface area contributed by atoms with Gasteiger partial charge in [-0.1, -0.05) is 6.07 Å². The summed E-state index contributed by atoms with van der Waals surface area (Å²) in [7, 11) is 1.84. The zero-order valence-electron chi connectivity index (χ0n) is 11.7. The molecule has 0 aliphatic carbocycles. The van der Waals surface area contributed by atoms with Crippen molar-refractivity contribution in [1.82, 2.24) is 26.1 Å². The van der Waals surface area contributed by atoms with Gasteiger partial charge in [0.15, 0.2) is 0 Å². The number of hydrogen-bond acceptors (Lipinski definition) is 5. The van der Waals surface area contributed by atoms with Crippen molar-refractivity contribution in [2.45, 2.75) is 25.0 Å². The molecule has 3 N–H and O–H groups in total. The average Bonchev–Trinajstić information content (AvgIpc) is 2.91. The molecule has 0 aromatic carbocycles. The molecule has 2 saturated heterocycles. The summed E-state index contributed by atoms with van der Waals surface area (Å²) < 4.78 is 0. The summed E-state index contributed by atoms with van der Waals surface area (Å²) in [6.45, 7) is 2.46. The summed E-state index contributed by atoms with van der Waals surface area (Å²) >= 11 is 0. The second-order valence-electron chi connectivity index (χ2n) is 5.54. The van der Waals surface area contributed by atoms with Gasteiger partial charge in [-0.25, -0.2) is 5.43 Å². The summed E-state index contributed by atoms with van der Waals surface area (Å²) in [4.78, 5) is 18.6. The van der Waals surface area contributed by atoms with Crippen molar-refractivity contribution < 1.29 is 4.79 Å². The van der Waals surface area contributed by atoms with E-state index < -0.39 is 0 Å². The highest BCUT2D eigenvalue weighted by atomic mass is 16.2. The zero-order chi connectivity index (χ0) is 13.9. The van der Waals surface area contributed by atoms with Crippen LogP contribution in [0, 0.1) is 5.92 Å². The number of hydrazine groups is 1. The summed E-state index contributed by atoms with van der Waals surface area (Å²) in [5.41, 5.74) is 7.31. The maximum atomic E-state index is 12.6. The number of fused-ring (bicyclic) bond motifs is 1. The van der Waals surface area contributed by atoms with E-state index in [2.05, 4.69) is 21.2 Å². The molecule has 2 fully saturated rings. The van der Waals surface area contributed by atoms with Crippen molar-refractivity contribution in [3.05, 3.63) is 30.1 Å². The number of rotatable bonds is 3. The van der Waals surface area contributed by atoms with E-state index in [4.69, 9.17) is 0 Å². The number of hydrogen-bond donors (Lipinski definition) is 3. The van der Waals surface area contributed by atoms with Crippen molar-refractivity contribution in [3.8, 4) is 0 Å². The van der Waals surface area contributed by atoms with E-state index in [0.29, 0.717) is 18.5 Å². The normalized spacial score (nSPS) is 28.9. The van der Waals surface area contributed by atoms with Crippen LogP contribution in [0.1, 0.15) is 12.1 Å². The molecule has 2 aliphatic heterocycles. The molecule has 2 aliphatic rings. The third-order valence-electron chi connectivity index (χ3n) is 4.16. The van der Waals surface area contributed by atoms with Gasteiger partial charge in [0.1, 0.15) is 6.04 Å². The molecule has 1 aromatic rings. The Morgan fingerprint density at radius 1 is 1.45 bits per heavy atom. The van der Waals surface area contributed by atoms with Gasteiger partial charge in [-0.2, -0.15) is 0 Å². The zero-order valence-corrected chi connectivity index (χ0v) is 11.7. The van der Waals surface area contributed by atoms with Gasteiger partial charge in [0.05, 0.1) is 12.2 Å². The number of carbonyl (C=O) groups excluding carboxylic acids is 1. The largest absolute Gasteiger partial charge is 0.338 e. The van der Waals surface area contributed by atoms with Crippen molar-refractivity contribution in [3.63, 3.8) is 0 Å². The highest BCUT2D eigenvalue weighted by Gasteiger charge is 2.41. The van der Waals surface area contributed by atoms with Crippen LogP contribution in [0.4, 0.5) is 0 Å². The van der Waals surface area contributed by atoms with Crippen LogP contribution < -0.4 is 16.2 Å². The molecular weight excluding hydrogens is 254 g/mol. The number of amides is 1. The number of aromatic nitrogens is 1. The van der Waals surface area contributed by atoms with Crippen LogP contribution in [-0.2, 0) is 11.3 Å². The molecule has 1 amide bonds. The summed E-state index contributed by atoms with van der Waals surface area (Å²) in [5.74, 6) is 0.507. The standard InChI is InChI=1S/C14H21N5O/c1-19(9-10-4-2-3-6-16-10)14(20)13-11-5-7-15-8-12(11)17-18-13/h2-4,6,11-13,15,17-18H,5,7-9H2,1H3. The molecule has 108 valence electrons. The highest BCUT2D eigenvalue weighted by Crippen LogP contribution is 2.22. The van der Waals surface area contributed by atoms with Gasteiger partial charge < -0.3 is 10.2 Å². The van der Waals surface area contributed by atoms with Gasteiger partial charge in [0, 0.05) is 31.7 Å². The molecule has 20 heavy (non-hydrogen) atoms. The molecule has 1 aromatic heterocycles. The lowest BCUT2D eigenvalue weighted by Gasteiger charge is -2.29. The summed E-state index contributed by atoms with van der Waals surface area (Å²) in [6.07, 6.45) is 2.78. The molecule has 6 nitrogen and oxygen atoms in total. The Bertz CT molecular complexity index is 466. The second-order valence-corrected chi connectivity index (χ2v) is 5.54. The van der Waals surface area contributed by atoms with Gasteiger partial charge in [0.25, 0.3) is 0 Å². The van der Waals surface area contributed by atoms with Crippen LogP contribution in [0.15, 0.2) is 24.4 Å². The van der Waals surface area contributed by atoms with E-state index in [1.807, 2.05) is 25.2 Å². The van der Waals surface area contributed by atoms with Crippen LogP contribution in [-0.4, -0.2) is 48.0 Å². The summed E-state index contributed by atoms with van der Waals surface area (Å²) in [6, 6.07) is 5.99. The Kier molecular flexibility index (Phi) is 3.95. The Hall–Kier alpha value is -1.50. The van der Waals surface area contributed by atoms with Gasteiger partial charge in [0.2, 0.25) is 5.91 Å². The Labute approximate surface area is 118 Å². The number of pyridine rings is 1. The highest BCUT2D eigenvalue weighted by molar-refractivity contribution is 5.82. The average molecular weight is 275 g/mol. The van der Waals surface area contributed by atoms with E-state index in [9.17, 15) is 4.79 Å². The fourth-order valence-corrected chi connectivity index (χ4v) is 3.03. The van der Waals surface area contributed by atoms with E-state index >= 15 is 0 Å². The van der Waals surface area contributed by atoms with Gasteiger partial charge in [-0.15, -0.1) is 0 Å². The first-order valence-corrected chi connectivity index (χ1v) is 7.12. The maximum Gasteiger partial charge on any atom is 0.241 e. The van der Waals surface area contributed by atoms with Gasteiger partial charge in [-0.05, 0) is 25.1 Å². The minimum atomic E-state index is -0.129. The van der Waals surface area contributed by atoms with Crippen molar-refractivity contribution in [1.29, 1.82) is 0 Å². The van der Waals surface area contributed by atoms with E-state index in [1.54, 1.807) is 11.1 Å². The van der Waals surface area contributed by atoms with E-state index in [0.717, 1.165) is 25.2 Å². The quantitative estimate of drug-likeness (QED) is 0.693. The molecule has 6 heteroatoms. The third kappa shape index (κ3) is 2.67.